The molecule has 1 saturated carbocycles. The van der Waals surface area contributed by atoms with Crippen molar-refractivity contribution in [3.8, 4) is 0 Å². The van der Waals surface area contributed by atoms with Crippen LogP contribution in [-0.4, -0.2) is 46.9 Å². The third kappa shape index (κ3) is 2.49. The second kappa shape index (κ2) is 5.33. The Balaban J connectivity index is 1.76. The number of aromatic nitrogens is 1. The van der Waals surface area contributed by atoms with Gasteiger partial charge in [-0.25, -0.2) is 4.79 Å². The number of rotatable bonds is 2. The molecule has 3 fully saturated rings. The van der Waals surface area contributed by atoms with Crippen molar-refractivity contribution in [2.75, 3.05) is 19.6 Å². The molecule has 1 spiro atoms. The number of alkyl halides is 3. The maximum absolute atomic E-state index is 13.6. The summed E-state index contributed by atoms with van der Waals surface area (Å²) in [4.78, 5) is 17.1. The Morgan fingerprint density at radius 2 is 2.12 bits per heavy atom. The zero-order valence-corrected chi connectivity index (χ0v) is 13.6. The Kier molecular flexibility index (Phi) is 3.55. The first-order valence-electron chi connectivity index (χ1n) is 8.51. The van der Waals surface area contributed by atoms with Crippen molar-refractivity contribution in [2.45, 2.75) is 43.3 Å². The number of pyridine rings is 1. The first kappa shape index (κ1) is 16.6. The van der Waals surface area contributed by atoms with Crippen molar-refractivity contribution in [1.82, 2.24) is 15.2 Å². The van der Waals surface area contributed by atoms with Gasteiger partial charge in [0.25, 0.3) is 0 Å². The van der Waals surface area contributed by atoms with Crippen molar-refractivity contribution in [3.63, 3.8) is 0 Å². The maximum atomic E-state index is 13.6. The lowest BCUT2D eigenvalue weighted by Gasteiger charge is -2.27. The number of carboxylic acid groups (broad SMARTS) is 1. The Morgan fingerprint density at radius 3 is 2.68 bits per heavy atom. The van der Waals surface area contributed by atoms with Gasteiger partial charge in [0, 0.05) is 24.7 Å². The van der Waals surface area contributed by atoms with Gasteiger partial charge in [0.15, 0.2) is 0 Å². The first-order chi connectivity index (χ1) is 11.8. The Hall–Kier alpha value is -1.83. The third-order valence-electron chi connectivity index (χ3n) is 6.03. The minimum Gasteiger partial charge on any atom is -0.465 e. The highest BCUT2D eigenvalue weighted by molar-refractivity contribution is 5.67. The van der Waals surface area contributed by atoms with Gasteiger partial charge in [0.05, 0.1) is 11.7 Å². The molecule has 3 heterocycles. The lowest BCUT2D eigenvalue weighted by Crippen LogP contribution is -2.35. The lowest BCUT2D eigenvalue weighted by atomic mass is 9.82. The summed E-state index contributed by atoms with van der Waals surface area (Å²) in [5.41, 5.74) is -1.66. The smallest absolute Gasteiger partial charge is 0.407 e. The van der Waals surface area contributed by atoms with Gasteiger partial charge >= 0.3 is 12.3 Å². The number of likely N-dealkylation sites (tertiary alicyclic amines) is 1. The molecular formula is C17H20F3N3O2. The van der Waals surface area contributed by atoms with Crippen LogP contribution in [0.1, 0.15) is 43.0 Å². The molecule has 5 nitrogen and oxygen atoms in total. The van der Waals surface area contributed by atoms with E-state index in [2.05, 4.69) is 10.3 Å². The molecule has 0 radical (unpaired) electrons. The van der Waals surface area contributed by atoms with E-state index in [1.807, 2.05) is 0 Å². The highest BCUT2D eigenvalue weighted by Crippen LogP contribution is 2.60. The van der Waals surface area contributed by atoms with Crippen molar-refractivity contribution in [2.24, 2.45) is 5.41 Å². The standard InChI is InChI=1S/C17H20F3N3O2/c18-17(19,20)16(3-4-16)13-11(2-1-6-22-13)12-8-15(5-7-21-9-15)10-23(12)14(24)25/h1-2,6,12,21H,3-5,7-10H2,(H,24,25). The summed E-state index contributed by atoms with van der Waals surface area (Å²) in [5, 5.41) is 12.9. The van der Waals surface area contributed by atoms with Crippen LogP contribution in [0.4, 0.5) is 18.0 Å². The normalized spacial score (nSPS) is 30.8. The molecule has 1 aromatic heterocycles. The van der Waals surface area contributed by atoms with Gasteiger partial charge in [0.2, 0.25) is 0 Å². The molecule has 4 rings (SSSR count). The number of nitrogens with one attached hydrogen (secondary N) is 1. The highest BCUT2D eigenvalue weighted by Gasteiger charge is 2.66. The minimum atomic E-state index is -4.37. The molecule has 25 heavy (non-hydrogen) atoms. The van der Waals surface area contributed by atoms with E-state index in [1.54, 1.807) is 12.1 Å². The SMILES string of the molecule is O=C(O)N1CC2(CCNC2)CC1c1cccnc1C1(C(F)(F)F)CC1. The van der Waals surface area contributed by atoms with Crippen LogP contribution in [0.3, 0.4) is 0 Å². The average molecular weight is 355 g/mol. The molecule has 1 aromatic rings. The second-order valence-electron chi connectivity index (χ2n) is 7.58. The largest absolute Gasteiger partial charge is 0.465 e. The number of hydrogen-bond acceptors (Lipinski definition) is 3. The van der Waals surface area contributed by atoms with Gasteiger partial charge in [0.1, 0.15) is 5.41 Å². The first-order valence-corrected chi connectivity index (χ1v) is 8.51. The zero-order valence-electron chi connectivity index (χ0n) is 13.6. The van der Waals surface area contributed by atoms with E-state index in [9.17, 15) is 23.1 Å². The van der Waals surface area contributed by atoms with E-state index in [0.29, 0.717) is 25.1 Å². The van der Waals surface area contributed by atoms with Crippen LogP contribution in [0.5, 0.6) is 0 Å². The molecule has 2 unspecified atom stereocenters. The molecule has 2 N–H and O–H groups in total. The van der Waals surface area contributed by atoms with E-state index < -0.39 is 23.7 Å². The lowest BCUT2D eigenvalue weighted by molar-refractivity contribution is -0.161. The number of nitrogens with zero attached hydrogens (tertiary/aromatic N) is 2. The van der Waals surface area contributed by atoms with Gasteiger partial charge in [-0.2, -0.15) is 13.2 Å². The molecule has 8 heteroatoms. The number of amides is 1. The second-order valence-corrected chi connectivity index (χ2v) is 7.58. The maximum Gasteiger partial charge on any atom is 0.407 e. The molecule has 0 aromatic carbocycles. The topological polar surface area (TPSA) is 65.5 Å². The Morgan fingerprint density at radius 1 is 1.36 bits per heavy atom. The summed E-state index contributed by atoms with van der Waals surface area (Å²) < 4.78 is 40.9. The van der Waals surface area contributed by atoms with Crippen LogP contribution in [0, 0.1) is 5.41 Å². The van der Waals surface area contributed by atoms with Crippen molar-refractivity contribution in [3.05, 3.63) is 29.6 Å². The predicted octanol–water partition coefficient (Wildman–Crippen LogP) is 3.08. The molecule has 2 atom stereocenters. The fraction of sp³-hybridized carbons (Fsp3) is 0.647. The van der Waals surface area contributed by atoms with Crippen LogP contribution < -0.4 is 5.32 Å². The molecule has 2 aliphatic heterocycles. The van der Waals surface area contributed by atoms with Gasteiger partial charge in [-0.05, 0) is 43.9 Å². The van der Waals surface area contributed by atoms with Crippen molar-refractivity contribution in [1.29, 1.82) is 0 Å². The fourth-order valence-corrected chi connectivity index (χ4v) is 4.51. The molecule has 1 aliphatic carbocycles. The predicted molar refractivity (Wildman–Crippen MR) is 83.2 cm³/mol. The van der Waals surface area contributed by atoms with E-state index in [0.717, 1.165) is 13.0 Å². The summed E-state index contributed by atoms with van der Waals surface area (Å²) in [6.45, 7) is 1.87. The Bertz CT molecular complexity index is 697. The van der Waals surface area contributed by atoms with Gasteiger partial charge in [-0.15, -0.1) is 0 Å². The molecule has 136 valence electrons. The summed E-state index contributed by atoms with van der Waals surface area (Å²) in [5.74, 6) is 0. The molecule has 3 aliphatic rings. The molecule has 2 saturated heterocycles. The quantitative estimate of drug-likeness (QED) is 0.856. The van der Waals surface area contributed by atoms with Crippen molar-refractivity contribution < 1.29 is 23.1 Å². The average Bonchev–Trinajstić information content (AvgIpc) is 3.13. The molecule has 0 bridgehead atoms. The summed E-state index contributed by atoms with van der Waals surface area (Å²) in [6.07, 6.45) is -2.65. The van der Waals surface area contributed by atoms with Crippen molar-refractivity contribution >= 4 is 6.09 Å². The summed E-state index contributed by atoms with van der Waals surface area (Å²) in [7, 11) is 0. The number of hydrogen-bond donors (Lipinski definition) is 2. The third-order valence-corrected chi connectivity index (χ3v) is 6.03. The highest BCUT2D eigenvalue weighted by atomic mass is 19.4. The van der Waals surface area contributed by atoms with Gasteiger partial charge in [-0.1, -0.05) is 6.07 Å². The zero-order chi connectivity index (χ0) is 17.9. The van der Waals surface area contributed by atoms with Gasteiger partial charge in [-0.3, -0.25) is 4.98 Å². The summed E-state index contributed by atoms with van der Waals surface area (Å²) in [6, 6.07) is 2.65. The van der Waals surface area contributed by atoms with Crippen LogP contribution in [0.2, 0.25) is 0 Å². The van der Waals surface area contributed by atoms with Crippen LogP contribution in [-0.2, 0) is 5.41 Å². The summed E-state index contributed by atoms with van der Waals surface area (Å²) >= 11 is 0. The van der Waals surface area contributed by atoms with Gasteiger partial charge < -0.3 is 15.3 Å². The van der Waals surface area contributed by atoms with E-state index in [4.69, 9.17) is 0 Å². The minimum absolute atomic E-state index is 0.0155. The molecular weight excluding hydrogens is 335 g/mol. The molecule has 1 amide bonds. The number of carbonyl (C=O) groups is 1. The van der Waals surface area contributed by atoms with Crippen LogP contribution >= 0.6 is 0 Å². The van der Waals surface area contributed by atoms with Crippen LogP contribution in [0.25, 0.3) is 0 Å². The van der Waals surface area contributed by atoms with E-state index >= 15 is 0 Å². The monoisotopic (exact) mass is 355 g/mol. The van der Waals surface area contributed by atoms with Crippen LogP contribution in [0.15, 0.2) is 18.3 Å². The Labute approximate surface area is 143 Å². The fourth-order valence-electron chi connectivity index (χ4n) is 4.51. The van der Waals surface area contributed by atoms with E-state index in [1.165, 1.54) is 11.1 Å². The number of halogens is 3. The van der Waals surface area contributed by atoms with E-state index in [-0.39, 0.29) is 24.0 Å².